The van der Waals surface area contributed by atoms with Gasteiger partial charge in [-0.3, -0.25) is 4.79 Å². The van der Waals surface area contributed by atoms with E-state index >= 15 is 0 Å². The van der Waals surface area contributed by atoms with E-state index in [0.717, 1.165) is 47.9 Å². The molecule has 0 radical (unpaired) electrons. The van der Waals surface area contributed by atoms with Crippen molar-refractivity contribution in [1.29, 1.82) is 0 Å². The van der Waals surface area contributed by atoms with Gasteiger partial charge in [0.15, 0.2) is 6.61 Å². The molecule has 1 aliphatic heterocycles. The molecular weight excluding hydrogens is 514 g/mol. The lowest BCUT2D eigenvalue weighted by atomic mass is 9.66. The van der Waals surface area contributed by atoms with Gasteiger partial charge in [0.25, 0.3) is 5.91 Å². The Kier molecular flexibility index (Phi) is 7.43. The Morgan fingerprint density at radius 2 is 1.76 bits per heavy atom. The van der Waals surface area contributed by atoms with Gasteiger partial charge in [-0.1, -0.05) is 73.5 Å². The molecule has 2 heterocycles. The van der Waals surface area contributed by atoms with Gasteiger partial charge in [0.1, 0.15) is 11.3 Å². The summed E-state index contributed by atoms with van der Waals surface area (Å²) in [6.45, 7) is 4.18. The first-order valence-corrected chi connectivity index (χ1v) is 14.6. The van der Waals surface area contributed by atoms with Crippen LogP contribution >= 0.6 is 0 Å². The van der Waals surface area contributed by atoms with Crippen molar-refractivity contribution in [2.75, 3.05) is 13.2 Å². The van der Waals surface area contributed by atoms with E-state index < -0.39 is 5.60 Å². The first kappa shape index (κ1) is 27.3. The molecule has 1 aromatic heterocycles. The molecule has 0 bridgehead atoms. The van der Waals surface area contributed by atoms with E-state index in [2.05, 4.69) is 12.1 Å². The summed E-state index contributed by atoms with van der Waals surface area (Å²) in [5, 5.41) is 12.3. The molecule has 2 fully saturated rings. The molecular formula is C35H37NO5. The first-order valence-electron chi connectivity index (χ1n) is 14.6. The molecule has 3 atom stereocenters. The Morgan fingerprint density at radius 3 is 2.51 bits per heavy atom. The van der Waals surface area contributed by atoms with E-state index in [1.54, 1.807) is 0 Å². The maximum Gasteiger partial charge on any atom is 0.340 e. The number of hydrogen-bond acceptors (Lipinski definition) is 5. The predicted octanol–water partition coefficient (Wildman–Crippen LogP) is 6.27. The van der Waals surface area contributed by atoms with Crippen LogP contribution in [0.15, 0.2) is 82.0 Å². The summed E-state index contributed by atoms with van der Waals surface area (Å²) in [6.07, 6.45) is 4.78. The third-order valence-corrected chi connectivity index (χ3v) is 9.09. The van der Waals surface area contributed by atoms with Gasteiger partial charge in [-0.05, 0) is 67.5 Å². The number of nitrogens with zero attached hydrogens (tertiary/aromatic N) is 1. The number of benzene rings is 3. The Labute approximate surface area is 240 Å². The number of fused-ring (bicyclic) bond motifs is 2. The van der Waals surface area contributed by atoms with Crippen molar-refractivity contribution < 1.29 is 19.1 Å². The van der Waals surface area contributed by atoms with Crippen molar-refractivity contribution in [3.05, 3.63) is 111 Å². The fourth-order valence-electron chi connectivity index (χ4n) is 7.00. The lowest BCUT2D eigenvalue weighted by Gasteiger charge is -2.52. The highest BCUT2D eigenvalue weighted by Crippen LogP contribution is 2.49. The van der Waals surface area contributed by atoms with Crippen molar-refractivity contribution in [2.24, 2.45) is 5.92 Å². The van der Waals surface area contributed by atoms with E-state index in [0.29, 0.717) is 41.7 Å². The van der Waals surface area contributed by atoms with Crippen LogP contribution in [0.4, 0.5) is 0 Å². The molecule has 6 nitrogen and oxygen atoms in total. The molecule has 212 valence electrons. The monoisotopic (exact) mass is 551 g/mol. The number of carbonyl (C=O) groups is 1. The van der Waals surface area contributed by atoms with Crippen molar-refractivity contribution in [2.45, 2.75) is 64.0 Å². The fourth-order valence-corrected chi connectivity index (χ4v) is 7.00. The predicted molar refractivity (Wildman–Crippen MR) is 159 cm³/mol. The van der Waals surface area contributed by atoms with Crippen LogP contribution in [-0.2, 0) is 11.2 Å². The number of rotatable bonds is 6. The Balaban J connectivity index is 1.31. The first-order chi connectivity index (χ1) is 19.8. The molecule has 3 unspecified atom stereocenters. The van der Waals surface area contributed by atoms with E-state index in [4.69, 9.17) is 9.15 Å². The van der Waals surface area contributed by atoms with Gasteiger partial charge in [0.2, 0.25) is 0 Å². The largest absolute Gasteiger partial charge is 0.483 e. The van der Waals surface area contributed by atoms with Gasteiger partial charge in [0, 0.05) is 24.4 Å². The van der Waals surface area contributed by atoms with Crippen LogP contribution in [0.25, 0.3) is 11.0 Å². The van der Waals surface area contributed by atoms with Gasteiger partial charge >= 0.3 is 5.63 Å². The highest BCUT2D eigenvalue weighted by molar-refractivity contribution is 5.89. The van der Waals surface area contributed by atoms with Crippen LogP contribution < -0.4 is 10.4 Å². The second-order valence-corrected chi connectivity index (χ2v) is 11.7. The Morgan fingerprint density at radius 1 is 1.02 bits per heavy atom. The molecule has 6 heteroatoms. The summed E-state index contributed by atoms with van der Waals surface area (Å²) >= 11 is 0. The van der Waals surface area contributed by atoms with Crippen molar-refractivity contribution in [1.82, 2.24) is 4.90 Å². The van der Waals surface area contributed by atoms with Gasteiger partial charge in [-0.15, -0.1) is 0 Å². The molecule has 1 saturated carbocycles. The quantitative estimate of drug-likeness (QED) is 0.286. The summed E-state index contributed by atoms with van der Waals surface area (Å²) in [4.78, 5) is 28.7. The summed E-state index contributed by atoms with van der Waals surface area (Å²) in [7, 11) is 0. The molecule has 0 spiro atoms. The molecule has 6 rings (SSSR count). The third-order valence-electron chi connectivity index (χ3n) is 9.09. The van der Waals surface area contributed by atoms with Crippen LogP contribution in [0.1, 0.15) is 66.0 Å². The Hall–Kier alpha value is -3.90. The summed E-state index contributed by atoms with van der Waals surface area (Å²) in [5.41, 5.74) is 3.69. The third kappa shape index (κ3) is 5.29. The number of hydrogen-bond donors (Lipinski definition) is 1. The molecule has 41 heavy (non-hydrogen) atoms. The number of aryl methyl sites for hydroxylation is 2. The second kappa shape index (κ2) is 11.2. The number of likely N-dealkylation sites (tertiary alicyclic amines) is 1. The van der Waals surface area contributed by atoms with E-state index in [1.165, 1.54) is 0 Å². The SMILES string of the molecule is Cc1cc(OCC(=O)N2CCC3(O)CCCCC3C2c2ccccc2)c2c(C)c(Cc3ccccc3)c(=O)oc2c1. The summed E-state index contributed by atoms with van der Waals surface area (Å²) in [6, 6.07) is 23.5. The smallest absolute Gasteiger partial charge is 0.340 e. The van der Waals surface area contributed by atoms with Crippen LogP contribution in [0, 0.1) is 19.8 Å². The minimum Gasteiger partial charge on any atom is -0.483 e. The van der Waals surface area contributed by atoms with Gasteiger partial charge in [-0.25, -0.2) is 4.79 Å². The van der Waals surface area contributed by atoms with E-state index in [-0.39, 0.29) is 30.1 Å². The molecule has 1 aliphatic carbocycles. The molecule has 4 aromatic rings. The van der Waals surface area contributed by atoms with Gasteiger partial charge in [-0.2, -0.15) is 0 Å². The van der Waals surface area contributed by atoms with Crippen LogP contribution in [0.3, 0.4) is 0 Å². The lowest BCUT2D eigenvalue weighted by Crippen LogP contribution is -2.56. The minimum absolute atomic E-state index is 0.00628. The maximum absolute atomic E-state index is 13.8. The standard InChI is InChI=1S/C35H37NO5/c1-23-19-29(32-24(2)27(34(38)41-30(32)20-23)21-25-11-5-3-6-12-25)40-22-31(37)36-18-17-35(39)16-10-9-15-28(35)33(36)26-13-7-4-8-14-26/h3-8,11-14,19-20,28,33,39H,9-10,15-18,21-22H2,1-2H3. The fraction of sp³-hybridized carbons (Fsp3) is 0.371. The van der Waals surface area contributed by atoms with E-state index in [1.807, 2.05) is 79.4 Å². The van der Waals surface area contributed by atoms with E-state index in [9.17, 15) is 14.7 Å². The topological polar surface area (TPSA) is 80.0 Å². The maximum atomic E-state index is 13.8. The number of aliphatic hydroxyl groups is 1. The minimum atomic E-state index is -0.743. The van der Waals surface area contributed by atoms with Gasteiger partial charge in [0.05, 0.1) is 17.0 Å². The Bertz CT molecular complexity index is 1610. The zero-order valence-corrected chi connectivity index (χ0v) is 23.8. The van der Waals surface area contributed by atoms with Crippen LogP contribution in [0.2, 0.25) is 0 Å². The zero-order valence-electron chi connectivity index (χ0n) is 23.8. The van der Waals surface area contributed by atoms with Crippen molar-refractivity contribution in [3.8, 4) is 5.75 Å². The highest BCUT2D eigenvalue weighted by Gasteiger charge is 2.50. The van der Waals surface area contributed by atoms with Crippen LogP contribution in [0.5, 0.6) is 5.75 Å². The number of ether oxygens (including phenoxy) is 1. The zero-order chi connectivity index (χ0) is 28.6. The molecule has 1 N–H and O–H groups in total. The second-order valence-electron chi connectivity index (χ2n) is 11.7. The molecule has 3 aromatic carbocycles. The lowest BCUT2D eigenvalue weighted by molar-refractivity contribution is -0.157. The van der Waals surface area contributed by atoms with Crippen molar-refractivity contribution in [3.63, 3.8) is 0 Å². The molecule has 2 aliphatic rings. The number of carbonyl (C=O) groups excluding carboxylic acids is 1. The molecule has 1 saturated heterocycles. The summed E-state index contributed by atoms with van der Waals surface area (Å²) < 4.78 is 12.0. The normalized spacial score (nSPS) is 22.4. The average molecular weight is 552 g/mol. The van der Waals surface area contributed by atoms with Crippen molar-refractivity contribution >= 4 is 16.9 Å². The number of piperidine rings is 1. The highest BCUT2D eigenvalue weighted by atomic mass is 16.5. The molecule has 1 amide bonds. The average Bonchev–Trinajstić information content (AvgIpc) is 2.97. The summed E-state index contributed by atoms with van der Waals surface area (Å²) in [5.74, 6) is 0.417. The van der Waals surface area contributed by atoms with Crippen LogP contribution in [-0.4, -0.2) is 34.7 Å². The van der Waals surface area contributed by atoms with Gasteiger partial charge < -0.3 is 19.2 Å². The number of amides is 1.